The molecule has 15 heavy (non-hydrogen) atoms. The van der Waals surface area contributed by atoms with E-state index in [9.17, 15) is 5.11 Å². The van der Waals surface area contributed by atoms with Gasteiger partial charge in [0, 0.05) is 6.61 Å². The lowest BCUT2D eigenvalue weighted by Gasteiger charge is -2.21. The monoisotopic (exact) mass is 228 g/mol. The maximum absolute atomic E-state index is 9.18. The van der Waals surface area contributed by atoms with Gasteiger partial charge in [0.1, 0.15) is 5.75 Å². The molecule has 0 atom stereocenters. The van der Waals surface area contributed by atoms with Gasteiger partial charge in [-0.2, -0.15) is 0 Å². The van der Waals surface area contributed by atoms with Crippen molar-refractivity contribution in [2.24, 2.45) is 5.41 Å². The molecule has 0 spiro atoms. The number of hydrogen-bond acceptors (Lipinski definition) is 2. The lowest BCUT2D eigenvalue weighted by atomic mass is 9.87. The normalized spacial score (nSPS) is 11.5. The lowest BCUT2D eigenvalue weighted by molar-refractivity contribution is 0.159. The van der Waals surface area contributed by atoms with E-state index in [2.05, 4.69) is 0 Å². The molecule has 1 aromatic carbocycles. The van der Waals surface area contributed by atoms with E-state index in [4.69, 9.17) is 16.3 Å². The van der Waals surface area contributed by atoms with Crippen molar-refractivity contribution < 1.29 is 9.84 Å². The molecule has 2 nitrogen and oxygen atoms in total. The van der Waals surface area contributed by atoms with Gasteiger partial charge in [-0.25, -0.2) is 0 Å². The molecule has 84 valence electrons. The summed E-state index contributed by atoms with van der Waals surface area (Å²) in [5.41, 5.74) is 1.01. The van der Waals surface area contributed by atoms with Crippen molar-refractivity contribution in [3.8, 4) is 5.75 Å². The van der Waals surface area contributed by atoms with E-state index >= 15 is 0 Å². The van der Waals surface area contributed by atoms with Crippen molar-refractivity contribution in [1.82, 2.24) is 0 Å². The number of halogens is 1. The zero-order chi connectivity index (χ0) is 11.5. The van der Waals surface area contributed by atoms with Crippen molar-refractivity contribution in [1.29, 1.82) is 0 Å². The summed E-state index contributed by atoms with van der Waals surface area (Å²) in [4.78, 5) is 0. The average molecular weight is 229 g/mol. The topological polar surface area (TPSA) is 29.5 Å². The third kappa shape index (κ3) is 3.40. The molecule has 1 rings (SSSR count). The number of aliphatic hydroxyl groups excluding tert-OH is 1. The minimum absolute atomic E-state index is 0.112. The van der Waals surface area contributed by atoms with Gasteiger partial charge < -0.3 is 9.84 Å². The predicted molar refractivity (Wildman–Crippen MR) is 62.6 cm³/mol. The van der Waals surface area contributed by atoms with Gasteiger partial charge in [0.05, 0.1) is 12.1 Å². The van der Waals surface area contributed by atoms with Crippen LogP contribution in [0.1, 0.15) is 19.4 Å². The Hall–Kier alpha value is -0.730. The second-order valence-electron chi connectivity index (χ2n) is 4.47. The summed E-state index contributed by atoms with van der Waals surface area (Å²) in [6.07, 6.45) is 0.803. The van der Waals surface area contributed by atoms with E-state index < -0.39 is 0 Å². The fourth-order valence-electron chi connectivity index (χ4n) is 1.42. The Labute approximate surface area is 95.8 Å². The van der Waals surface area contributed by atoms with Crippen molar-refractivity contribution >= 4 is 11.6 Å². The van der Waals surface area contributed by atoms with Gasteiger partial charge in [0.2, 0.25) is 0 Å². The molecule has 1 N–H and O–H groups in total. The second-order valence-corrected chi connectivity index (χ2v) is 4.88. The fraction of sp³-hybridized carbons (Fsp3) is 0.500. The SMILES string of the molecule is COc1cc(CC(C)(C)CO)ccc1Cl. The molecule has 0 amide bonds. The van der Waals surface area contributed by atoms with Crippen LogP contribution in [0.5, 0.6) is 5.75 Å². The maximum atomic E-state index is 9.18. The quantitative estimate of drug-likeness (QED) is 0.859. The predicted octanol–water partition coefficient (Wildman–Crippen LogP) is 2.91. The molecule has 0 heterocycles. The van der Waals surface area contributed by atoms with Crippen LogP contribution in [0.2, 0.25) is 5.02 Å². The summed E-state index contributed by atoms with van der Waals surface area (Å²) in [7, 11) is 1.60. The Morgan fingerprint density at radius 2 is 2.07 bits per heavy atom. The van der Waals surface area contributed by atoms with Crippen LogP contribution in [-0.2, 0) is 6.42 Å². The molecule has 0 unspecified atom stereocenters. The van der Waals surface area contributed by atoms with E-state index in [1.807, 2.05) is 32.0 Å². The van der Waals surface area contributed by atoms with Crippen molar-refractivity contribution in [2.45, 2.75) is 20.3 Å². The van der Waals surface area contributed by atoms with E-state index in [1.165, 1.54) is 0 Å². The van der Waals surface area contributed by atoms with Gasteiger partial charge >= 0.3 is 0 Å². The lowest BCUT2D eigenvalue weighted by Crippen LogP contribution is -2.19. The Balaban J connectivity index is 2.87. The molecule has 0 aromatic heterocycles. The summed E-state index contributed by atoms with van der Waals surface area (Å²) >= 11 is 5.93. The third-order valence-corrected chi connectivity index (χ3v) is 2.64. The highest BCUT2D eigenvalue weighted by Gasteiger charge is 2.17. The van der Waals surface area contributed by atoms with Crippen LogP contribution in [0.25, 0.3) is 0 Å². The smallest absolute Gasteiger partial charge is 0.137 e. The minimum atomic E-state index is -0.112. The molecular weight excluding hydrogens is 212 g/mol. The molecule has 3 heteroatoms. The standard InChI is InChI=1S/C12H17ClO2/c1-12(2,8-14)7-9-4-5-10(13)11(6-9)15-3/h4-6,14H,7-8H2,1-3H3. The van der Waals surface area contributed by atoms with Gasteiger partial charge in [-0.05, 0) is 29.5 Å². The summed E-state index contributed by atoms with van der Waals surface area (Å²) in [5, 5.41) is 9.79. The Morgan fingerprint density at radius 3 is 2.60 bits per heavy atom. The van der Waals surface area contributed by atoms with Gasteiger partial charge in [-0.1, -0.05) is 31.5 Å². The minimum Gasteiger partial charge on any atom is -0.495 e. The fourth-order valence-corrected chi connectivity index (χ4v) is 1.62. The first kappa shape index (κ1) is 12.3. The van der Waals surface area contributed by atoms with E-state index in [0.717, 1.165) is 12.0 Å². The molecule has 0 saturated carbocycles. The number of hydrogen-bond donors (Lipinski definition) is 1. The third-order valence-electron chi connectivity index (χ3n) is 2.33. The van der Waals surface area contributed by atoms with Gasteiger partial charge in [0.25, 0.3) is 0 Å². The van der Waals surface area contributed by atoms with Crippen LogP contribution in [-0.4, -0.2) is 18.8 Å². The molecular formula is C12H17ClO2. The average Bonchev–Trinajstić information content (AvgIpc) is 2.20. The van der Waals surface area contributed by atoms with Gasteiger partial charge in [-0.15, -0.1) is 0 Å². The number of benzene rings is 1. The zero-order valence-corrected chi connectivity index (χ0v) is 10.1. The second kappa shape index (κ2) is 4.86. The highest BCUT2D eigenvalue weighted by atomic mass is 35.5. The van der Waals surface area contributed by atoms with Crippen LogP contribution < -0.4 is 4.74 Å². The summed E-state index contributed by atoms with van der Waals surface area (Å²) in [6.45, 7) is 4.21. The first-order valence-corrected chi connectivity index (χ1v) is 5.29. The Bertz CT molecular complexity index is 334. The van der Waals surface area contributed by atoms with Crippen LogP contribution in [0.3, 0.4) is 0 Å². The first-order valence-electron chi connectivity index (χ1n) is 4.92. The molecule has 0 aliphatic rings. The van der Waals surface area contributed by atoms with Crippen LogP contribution in [0.4, 0.5) is 0 Å². The van der Waals surface area contributed by atoms with Crippen LogP contribution >= 0.6 is 11.6 Å². The van der Waals surface area contributed by atoms with Crippen molar-refractivity contribution in [3.63, 3.8) is 0 Å². The summed E-state index contributed by atoms with van der Waals surface area (Å²) < 4.78 is 5.14. The summed E-state index contributed by atoms with van der Waals surface area (Å²) in [6, 6.07) is 5.70. The molecule has 0 aliphatic heterocycles. The van der Waals surface area contributed by atoms with E-state index in [1.54, 1.807) is 7.11 Å². The highest BCUT2D eigenvalue weighted by molar-refractivity contribution is 6.32. The molecule has 0 aliphatic carbocycles. The first-order chi connectivity index (χ1) is 6.98. The van der Waals surface area contributed by atoms with Crippen LogP contribution in [0.15, 0.2) is 18.2 Å². The molecule has 0 saturated heterocycles. The van der Waals surface area contributed by atoms with Gasteiger partial charge in [-0.3, -0.25) is 0 Å². The largest absolute Gasteiger partial charge is 0.495 e. The van der Waals surface area contributed by atoms with E-state index in [-0.39, 0.29) is 12.0 Å². The molecule has 0 radical (unpaired) electrons. The number of aliphatic hydroxyl groups is 1. The summed E-state index contributed by atoms with van der Waals surface area (Å²) in [5.74, 6) is 0.683. The van der Waals surface area contributed by atoms with Crippen molar-refractivity contribution in [2.75, 3.05) is 13.7 Å². The Kier molecular flexibility index (Phi) is 4.00. The highest BCUT2D eigenvalue weighted by Crippen LogP contribution is 2.28. The molecule has 0 fully saturated rings. The van der Waals surface area contributed by atoms with Crippen molar-refractivity contribution in [3.05, 3.63) is 28.8 Å². The molecule has 1 aromatic rings. The van der Waals surface area contributed by atoms with Crippen LogP contribution in [0, 0.1) is 5.41 Å². The number of rotatable bonds is 4. The van der Waals surface area contributed by atoms with E-state index in [0.29, 0.717) is 10.8 Å². The maximum Gasteiger partial charge on any atom is 0.137 e. The Morgan fingerprint density at radius 1 is 1.40 bits per heavy atom. The van der Waals surface area contributed by atoms with Gasteiger partial charge in [0.15, 0.2) is 0 Å². The molecule has 0 bridgehead atoms. The number of ether oxygens (including phenoxy) is 1. The number of methoxy groups -OCH3 is 1. The zero-order valence-electron chi connectivity index (χ0n) is 9.38.